The van der Waals surface area contributed by atoms with Crippen molar-refractivity contribution in [3.8, 4) is 0 Å². The molecule has 0 amide bonds. The number of rotatable bonds is 5. The first-order valence-electron chi connectivity index (χ1n) is 6.06. The lowest BCUT2D eigenvalue weighted by atomic mass is 10.1. The molecule has 0 aliphatic carbocycles. The summed E-state index contributed by atoms with van der Waals surface area (Å²) in [7, 11) is 0. The summed E-state index contributed by atoms with van der Waals surface area (Å²) in [6.45, 7) is 0.941. The van der Waals surface area contributed by atoms with Gasteiger partial charge in [0.15, 0.2) is 0 Å². The summed E-state index contributed by atoms with van der Waals surface area (Å²) >= 11 is 3.23. The molecule has 0 saturated heterocycles. The second kappa shape index (κ2) is 6.49. The van der Waals surface area contributed by atoms with Crippen molar-refractivity contribution in [2.45, 2.75) is 13.1 Å². The molecule has 0 radical (unpaired) electrons. The average Bonchev–Trinajstić information content (AvgIpc) is 2.46. The van der Waals surface area contributed by atoms with Gasteiger partial charge in [0.1, 0.15) is 5.69 Å². The Bertz CT molecular complexity index is 632. The first-order chi connectivity index (χ1) is 9.61. The van der Waals surface area contributed by atoms with Crippen LogP contribution >= 0.6 is 15.9 Å². The van der Waals surface area contributed by atoms with Crippen molar-refractivity contribution >= 4 is 27.3 Å². The van der Waals surface area contributed by atoms with E-state index in [2.05, 4.69) is 21.2 Å². The predicted octanol–water partition coefficient (Wildman–Crippen LogP) is 3.43. The Labute approximate surface area is 125 Å². The lowest BCUT2D eigenvalue weighted by molar-refractivity contribution is -0.384. The maximum absolute atomic E-state index is 11.0. The van der Waals surface area contributed by atoms with Crippen LogP contribution in [0.5, 0.6) is 0 Å². The van der Waals surface area contributed by atoms with E-state index in [9.17, 15) is 10.1 Å². The molecule has 3 N–H and O–H groups in total. The van der Waals surface area contributed by atoms with E-state index in [0.717, 1.165) is 11.1 Å². The molecule has 0 atom stereocenters. The van der Waals surface area contributed by atoms with Gasteiger partial charge in [0.05, 0.1) is 4.92 Å². The van der Waals surface area contributed by atoms with Crippen molar-refractivity contribution in [2.24, 2.45) is 5.73 Å². The quantitative estimate of drug-likeness (QED) is 0.647. The normalized spacial score (nSPS) is 10.3. The first-order valence-corrected chi connectivity index (χ1v) is 6.86. The largest absolute Gasteiger partial charge is 0.375 e. The van der Waals surface area contributed by atoms with Gasteiger partial charge in [-0.15, -0.1) is 0 Å². The lowest BCUT2D eigenvalue weighted by Crippen LogP contribution is -2.07. The van der Waals surface area contributed by atoms with Gasteiger partial charge in [0, 0.05) is 23.6 Å². The van der Waals surface area contributed by atoms with Crippen molar-refractivity contribution in [3.05, 3.63) is 68.2 Å². The number of nitrogens with one attached hydrogen (secondary N) is 1. The standard InChI is InChI=1S/C14H14BrN3O2/c15-12-5-6-13(14(7-12)18(19)20)17-9-11-4-2-1-3-10(11)8-16/h1-7,17H,8-9,16H2. The van der Waals surface area contributed by atoms with Crippen LogP contribution in [0, 0.1) is 10.1 Å². The molecule has 104 valence electrons. The molecule has 0 bridgehead atoms. The minimum absolute atomic E-state index is 0.0459. The Morgan fingerprint density at radius 1 is 1.20 bits per heavy atom. The number of benzene rings is 2. The number of nitrogens with two attached hydrogens (primary N) is 1. The van der Waals surface area contributed by atoms with Crippen LogP contribution in [0.1, 0.15) is 11.1 Å². The Morgan fingerprint density at radius 3 is 2.55 bits per heavy atom. The first kappa shape index (κ1) is 14.5. The van der Waals surface area contributed by atoms with Crippen LogP contribution in [0.25, 0.3) is 0 Å². The highest BCUT2D eigenvalue weighted by atomic mass is 79.9. The summed E-state index contributed by atoms with van der Waals surface area (Å²) in [5, 5.41) is 14.1. The van der Waals surface area contributed by atoms with E-state index in [1.807, 2.05) is 24.3 Å². The maximum Gasteiger partial charge on any atom is 0.293 e. The lowest BCUT2D eigenvalue weighted by Gasteiger charge is -2.10. The van der Waals surface area contributed by atoms with Gasteiger partial charge < -0.3 is 11.1 Å². The topological polar surface area (TPSA) is 81.2 Å². The van der Waals surface area contributed by atoms with Crippen LogP contribution in [-0.4, -0.2) is 4.92 Å². The number of hydrogen-bond acceptors (Lipinski definition) is 4. The summed E-state index contributed by atoms with van der Waals surface area (Å²) in [5.74, 6) is 0. The zero-order valence-electron chi connectivity index (χ0n) is 10.7. The van der Waals surface area contributed by atoms with Crippen molar-refractivity contribution in [1.82, 2.24) is 0 Å². The van der Waals surface area contributed by atoms with Crippen LogP contribution in [0.3, 0.4) is 0 Å². The molecule has 5 nitrogen and oxygen atoms in total. The molecule has 0 heterocycles. The second-order valence-corrected chi connectivity index (χ2v) is 5.16. The fourth-order valence-electron chi connectivity index (χ4n) is 1.92. The van der Waals surface area contributed by atoms with E-state index in [1.165, 1.54) is 6.07 Å². The highest BCUT2D eigenvalue weighted by Crippen LogP contribution is 2.28. The average molecular weight is 336 g/mol. The molecule has 0 unspecified atom stereocenters. The maximum atomic E-state index is 11.0. The second-order valence-electron chi connectivity index (χ2n) is 4.24. The fourth-order valence-corrected chi connectivity index (χ4v) is 2.27. The van der Waals surface area contributed by atoms with Gasteiger partial charge in [-0.25, -0.2) is 0 Å². The van der Waals surface area contributed by atoms with Crippen molar-refractivity contribution in [2.75, 3.05) is 5.32 Å². The minimum Gasteiger partial charge on any atom is -0.375 e. The smallest absolute Gasteiger partial charge is 0.293 e. The molecule has 2 aromatic rings. The summed E-state index contributed by atoms with van der Waals surface area (Å²) in [5.41, 5.74) is 8.27. The molecule has 0 spiro atoms. The molecule has 6 heteroatoms. The van der Waals surface area contributed by atoms with Crippen LogP contribution in [0.4, 0.5) is 11.4 Å². The number of nitrogens with zero attached hydrogens (tertiary/aromatic N) is 1. The highest BCUT2D eigenvalue weighted by Gasteiger charge is 2.14. The molecule has 2 rings (SSSR count). The highest BCUT2D eigenvalue weighted by molar-refractivity contribution is 9.10. The van der Waals surface area contributed by atoms with Gasteiger partial charge in [-0.3, -0.25) is 10.1 Å². The number of anilines is 1. The van der Waals surface area contributed by atoms with E-state index in [4.69, 9.17) is 5.73 Å². The van der Waals surface area contributed by atoms with E-state index < -0.39 is 4.92 Å². The van der Waals surface area contributed by atoms with E-state index in [-0.39, 0.29) is 5.69 Å². The zero-order valence-corrected chi connectivity index (χ0v) is 12.3. The van der Waals surface area contributed by atoms with Crippen LogP contribution in [0.2, 0.25) is 0 Å². The Morgan fingerprint density at radius 2 is 1.90 bits per heavy atom. The molecule has 0 aliphatic heterocycles. The molecular formula is C14H14BrN3O2. The Balaban J connectivity index is 2.21. The van der Waals surface area contributed by atoms with Crippen molar-refractivity contribution in [3.63, 3.8) is 0 Å². The van der Waals surface area contributed by atoms with Gasteiger partial charge in [0.2, 0.25) is 0 Å². The van der Waals surface area contributed by atoms with Gasteiger partial charge in [0.25, 0.3) is 5.69 Å². The van der Waals surface area contributed by atoms with E-state index in [1.54, 1.807) is 12.1 Å². The third-order valence-electron chi connectivity index (χ3n) is 2.96. The van der Waals surface area contributed by atoms with E-state index in [0.29, 0.717) is 23.2 Å². The van der Waals surface area contributed by atoms with Crippen molar-refractivity contribution < 1.29 is 4.92 Å². The molecule has 2 aromatic carbocycles. The third-order valence-corrected chi connectivity index (χ3v) is 3.46. The van der Waals surface area contributed by atoms with Crippen LogP contribution in [0.15, 0.2) is 46.9 Å². The van der Waals surface area contributed by atoms with Gasteiger partial charge in [-0.1, -0.05) is 40.2 Å². The SMILES string of the molecule is NCc1ccccc1CNc1ccc(Br)cc1[N+](=O)[O-]. The molecule has 0 aliphatic rings. The summed E-state index contributed by atoms with van der Waals surface area (Å²) < 4.78 is 0.678. The van der Waals surface area contributed by atoms with Crippen LogP contribution in [-0.2, 0) is 13.1 Å². The zero-order chi connectivity index (χ0) is 14.5. The predicted molar refractivity (Wildman–Crippen MR) is 82.5 cm³/mol. The van der Waals surface area contributed by atoms with Gasteiger partial charge in [-0.05, 0) is 23.3 Å². The molecule has 20 heavy (non-hydrogen) atoms. The molecular weight excluding hydrogens is 322 g/mol. The fraction of sp³-hybridized carbons (Fsp3) is 0.143. The van der Waals surface area contributed by atoms with Gasteiger partial charge >= 0.3 is 0 Å². The van der Waals surface area contributed by atoms with Gasteiger partial charge in [-0.2, -0.15) is 0 Å². The monoisotopic (exact) mass is 335 g/mol. The minimum atomic E-state index is -0.401. The van der Waals surface area contributed by atoms with Crippen molar-refractivity contribution in [1.29, 1.82) is 0 Å². The molecule has 0 fully saturated rings. The summed E-state index contributed by atoms with van der Waals surface area (Å²) in [6.07, 6.45) is 0. The number of nitro benzene ring substituents is 1. The molecule has 0 saturated carbocycles. The summed E-state index contributed by atoms with van der Waals surface area (Å²) in [4.78, 5) is 10.6. The Hall–Kier alpha value is -1.92. The Kier molecular flexibility index (Phi) is 4.70. The number of nitro groups is 1. The third kappa shape index (κ3) is 3.34. The number of hydrogen-bond donors (Lipinski definition) is 2. The summed E-state index contributed by atoms with van der Waals surface area (Å²) in [6, 6.07) is 12.7. The number of halogens is 1. The van der Waals surface area contributed by atoms with E-state index >= 15 is 0 Å². The van der Waals surface area contributed by atoms with Crippen LogP contribution < -0.4 is 11.1 Å². The molecule has 0 aromatic heterocycles.